The molecule has 0 atom stereocenters. The molecule has 1 aromatic carbocycles. The van der Waals surface area contributed by atoms with Crippen LogP contribution >= 0.6 is 0 Å². The fourth-order valence-corrected chi connectivity index (χ4v) is 1.02. The van der Waals surface area contributed by atoms with Crippen LogP contribution in [-0.4, -0.2) is 0 Å². The number of halogens is 4. The molecule has 0 fully saturated rings. The lowest BCUT2D eigenvalue weighted by Crippen LogP contribution is -2.06. The number of hydrogen-bond acceptors (Lipinski definition) is 0. The molecule has 100 valence electrons. The Bertz CT molecular complexity index is 303. The molecule has 0 spiro atoms. The molecule has 0 bridgehead atoms. The van der Waals surface area contributed by atoms with Crippen LogP contribution in [0.15, 0.2) is 18.2 Å². The van der Waals surface area contributed by atoms with Gasteiger partial charge in [0.1, 0.15) is 5.82 Å². The molecule has 0 aromatic heterocycles. The lowest BCUT2D eigenvalue weighted by molar-refractivity contribution is -0.137. The Kier molecular flexibility index (Phi) is 9.72. The van der Waals surface area contributed by atoms with Crippen LogP contribution in [-0.2, 0) is 12.6 Å². The van der Waals surface area contributed by atoms with E-state index in [0.717, 1.165) is 18.2 Å². The van der Waals surface area contributed by atoms with E-state index in [0.29, 0.717) is 0 Å². The van der Waals surface area contributed by atoms with Crippen molar-refractivity contribution in [3.8, 4) is 0 Å². The highest BCUT2D eigenvalue weighted by Crippen LogP contribution is 2.30. The largest absolute Gasteiger partial charge is 0.416 e. The maximum atomic E-state index is 12.8. The van der Waals surface area contributed by atoms with E-state index in [4.69, 9.17) is 0 Å². The summed E-state index contributed by atoms with van der Waals surface area (Å²) in [5, 5.41) is 0. The third kappa shape index (κ3) is 6.29. The first-order valence-electron chi connectivity index (χ1n) is 5.80. The second-order valence-electron chi connectivity index (χ2n) is 2.66. The van der Waals surface area contributed by atoms with Crippen LogP contribution in [0.4, 0.5) is 17.6 Å². The van der Waals surface area contributed by atoms with Gasteiger partial charge in [0.25, 0.3) is 0 Å². The Labute approximate surface area is 101 Å². The van der Waals surface area contributed by atoms with E-state index in [9.17, 15) is 17.6 Å². The van der Waals surface area contributed by atoms with E-state index in [1.807, 2.05) is 27.7 Å². The van der Waals surface area contributed by atoms with E-state index < -0.39 is 17.6 Å². The monoisotopic (exact) mass is 252 g/mol. The maximum absolute atomic E-state index is 12.8. The van der Waals surface area contributed by atoms with Crippen LogP contribution in [0.3, 0.4) is 0 Å². The smallest absolute Gasteiger partial charge is 0.207 e. The Morgan fingerprint density at radius 3 is 1.82 bits per heavy atom. The van der Waals surface area contributed by atoms with Gasteiger partial charge in [-0.15, -0.1) is 0 Å². The Morgan fingerprint density at radius 1 is 1.00 bits per heavy atom. The first-order valence-corrected chi connectivity index (χ1v) is 5.80. The SMILES string of the molecule is CC.CC.CCc1cc(C(F)(F)F)ccc1F. The molecule has 0 aliphatic rings. The highest BCUT2D eigenvalue weighted by Gasteiger charge is 2.30. The quantitative estimate of drug-likeness (QED) is 0.582. The summed E-state index contributed by atoms with van der Waals surface area (Å²) in [6.45, 7) is 9.61. The van der Waals surface area contributed by atoms with Crippen molar-refractivity contribution in [2.24, 2.45) is 0 Å². The van der Waals surface area contributed by atoms with Crippen LogP contribution in [0.5, 0.6) is 0 Å². The average Bonchev–Trinajstić information content (AvgIpc) is 2.33. The molecule has 0 N–H and O–H groups in total. The number of hydrogen-bond donors (Lipinski definition) is 0. The van der Waals surface area contributed by atoms with Gasteiger partial charge in [-0.25, -0.2) is 4.39 Å². The van der Waals surface area contributed by atoms with E-state index in [1.54, 1.807) is 6.92 Å². The number of aryl methyl sites for hydroxylation is 1. The van der Waals surface area contributed by atoms with Crippen molar-refractivity contribution >= 4 is 0 Å². The molecule has 0 heterocycles. The molecule has 0 radical (unpaired) electrons. The number of rotatable bonds is 1. The van der Waals surface area contributed by atoms with Gasteiger partial charge in [0.15, 0.2) is 0 Å². The third-order valence-corrected chi connectivity index (χ3v) is 1.75. The predicted octanol–water partition coefficient (Wildman–Crippen LogP) is 5.46. The first kappa shape index (κ1) is 18.3. The standard InChI is InChI=1S/C9H8F4.2C2H6/c1-2-6-5-7(9(11,12)13)3-4-8(6)10;2*1-2/h3-5H,2H2,1H3;2*1-2H3. The lowest BCUT2D eigenvalue weighted by atomic mass is 10.1. The summed E-state index contributed by atoms with van der Waals surface area (Å²) < 4.78 is 49.1. The van der Waals surface area contributed by atoms with Gasteiger partial charge >= 0.3 is 6.18 Å². The van der Waals surface area contributed by atoms with Gasteiger partial charge in [-0.05, 0) is 30.2 Å². The zero-order valence-corrected chi connectivity index (χ0v) is 11.0. The van der Waals surface area contributed by atoms with Gasteiger partial charge in [-0.1, -0.05) is 34.6 Å². The summed E-state index contributed by atoms with van der Waals surface area (Å²) >= 11 is 0. The van der Waals surface area contributed by atoms with Gasteiger partial charge in [0, 0.05) is 0 Å². The summed E-state index contributed by atoms with van der Waals surface area (Å²) in [6.07, 6.45) is -4.13. The van der Waals surface area contributed by atoms with Crippen LogP contribution in [0.2, 0.25) is 0 Å². The Morgan fingerprint density at radius 2 is 1.47 bits per heavy atom. The molecular formula is C13H20F4. The summed E-state index contributed by atoms with van der Waals surface area (Å²) in [6, 6.07) is 2.44. The zero-order chi connectivity index (χ0) is 14.1. The van der Waals surface area contributed by atoms with Gasteiger partial charge in [0.05, 0.1) is 5.56 Å². The van der Waals surface area contributed by atoms with Gasteiger partial charge in [-0.3, -0.25) is 0 Å². The molecule has 0 unspecified atom stereocenters. The highest BCUT2D eigenvalue weighted by atomic mass is 19.4. The van der Waals surface area contributed by atoms with Gasteiger partial charge in [-0.2, -0.15) is 13.2 Å². The first-order chi connectivity index (χ1) is 7.95. The average molecular weight is 252 g/mol. The van der Waals surface area contributed by atoms with Crippen molar-refractivity contribution in [3.63, 3.8) is 0 Å². The van der Waals surface area contributed by atoms with Crippen LogP contribution in [0.25, 0.3) is 0 Å². The minimum atomic E-state index is -4.39. The molecule has 0 aliphatic heterocycles. The lowest BCUT2D eigenvalue weighted by Gasteiger charge is -2.08. The Balaban J connectivity index is 0. The molecular weight excluding hydrogens is 232 g/mol. The molecule has 4 heteroatoms. The fraction of sp³-hybridized carbons (Fsp3) is 0.538. The maximum Gasteiger partial charge on any atom is 0.416 e. The summed E-state index contributed by atoms with van der Waals surface area (Å²) in [4.78, 5) is 0. The van der Waals surface area contributed by atoms with Crippen molar-refractivity contribution in [2.45, 2.75) is 47.2 Å². The molecule has 0 nitrogen and oxygen atoms in total. The molecule has 1 aromatic rings. The molecule has 0 saturated carbocycles. The summed E-state index contributed by atoms with van der Waals surface area (Å²) in [7, 11) is 0. The molecule has 17 heavy (non-hydrogen) atoms. The van der Waals surface area contributed by atoms with Crippen molar-refractivity contribution in [3.05, 3.63) is 35.1 Å². The molecule has 1 rings (SSSR count). The second-order valence-corrected chi connectivity index (χ2v) is 2.66. The van der Waals surface area contributed by atoms with Crippen LogP contribution in [0, 0.1) is 5.82 Å². The molecule has 0 saturated heterocycles. The van der Waals surface area contributed by atoms with Crippen molar-refractivity contribution in [1.82, 2.24) is 0 Å². The normalized spacial score (nSPS) is 9.71. The second kappa shape index (κ2) is 9.02. The van der Waals surface area contributed by atoms with E-state index in [2.05, 4.69) is 0 Å². The van der Waals surface area contributed by atoms with E-state index >= 15 is 0 Å². The highest BCUT2D eigenvalue weighted by molar-refractivity contribution is 5.26. The number of alkyl halides is 3. The zero-order valence-electron chi connectivity index (χ0n) is 11.0. The van der Waals surface area contributed by atoms with Crippen molar-refractivity contribution < 1.29 is 17.6 Å². The van der Waals surface area contributed by atoms with Gasteiger partial charge < -0.3 is 0 Å². The molecule has 0 amide bonds. The summed E-state index contributed by atoms with van der Waals surface area (Å²) in [5.41, 5.74) is -0.708. The van der Waals surface area contributed by atoms with Crippen LogP contribution in [0.1, 0.15) is 45.7 Å². The predicted molar refractivity (Wildman–Crippen MR) is 63.5 cm³/mol. The van der Waals surface area contributed by atoms with E-state index in [1.165, 1.54) is 0 Å². The third-order valence-electron chi connectivity index (χ3n) is 1.75. The Hall–Kier alpha value is -1.06. The molecule has 0 aliphatic carbocycles. The van der Waals surface area contributed by atoms with Crippen LogP contribution < -0.4 is 0 Å². The fourth-order valence-electron chi connectivity index (χ4n) is 1.02. The van der Waals surface area contributed by atoms with Gasteiger partial charge in [0.2, 0.25) is 0 Å². The minimum Gasteiger partial charge on any atom is -0.207 e. The van der Waals surface area contributed by atoms with Crippen molar-refractivity contribution in [2.75, 3.05) is 0 Å². The number of benzene rings is 1. The summed E-state index contributed by atoms with van der Waals surface area (Å²) in [5.74, 6) is -0.587. The van der Waals surface area contributed by atoms with E-state index in [-0.39, 0.29) is 12.0 Å². The topological polar surface area (TPSA) is 0 Å². The minimum absolute atomic E-state index is 0.0924. The van der Waals surface area contributed by atoms with Crippen molar-refractivity contribution in [1.29, 1.82) is 0 Å².